The fourth-order valence-corrected chi connectivity index (χ4v) is 2.02. The monoisotopic (exact) mass is 243 g/mol. The molecule has 0 aromatic rings. The zero-order valence-electron chi connectivity index (χ0n) is 11.9. The van der Waals surface area contributed by atoms with E-state index in [0.29, 0.717) is 6.54 Å². The number of rotatable bonds is 9. The van der Waals surface area contributed by atoms with Crippen LogP contribution in [0.5, 0.6) is 0 Å². The van der Waals surface area contributed by atoms with Crippen molar-refractivity contribution in [2.45, 2.75) is 71.8 Å². The molecule has 1 amide bonds. The molecule has 0 aromatic carbocycles. The smallest absolute Gasteiger partial charge is 0.223 e. The van der Waals surface area contributed by atoms with Gasteiger partial charge >= 0.3 is 0 Å². The van der Waals surface area contributed by atoms with E-state index in [4.69, 9.17) is 0 Å². The maximum absolute atomic E-state index is 11.9. The zero-order valence-corrected chi connectivity index (χ0v) is 11.9. The van der Waals surface area contributed by atoms with Gasteiger partial charge < -0.3 is 10.4 Å². The van der Waals surface area contributed by atoms with Crippen LogP contribution in [0, 0.1) is 5.92 Å². The Morgan fingerprint density at radius 2 is 1.94 bits per heavy atom. The van der Waals surface area contributed by atoms with E-state index < -0.39 is 5.60 Å². The first kappa shape index (κ1) is 16.4. The Bertz CT molecular complexity index is 214. The maximum atomic E-state index is 11.9. The lowest BCUT2D eigenvalue weighted by molar-refractivity contribution is -0.126. The molecule has 2 unspecified atom stereocenters. The first-order chi connectivity index (χ1) is 7.96. The van der Waals surface area contributed by atoms with Crippen LogP contribution in [0.25, 0.3) is 0 Å². The summed E-state index contributed by atoms with van der Waals surface area (Å²) in [7, 11) is 0. The molecule has 0 aliphatic heterocycles. The molecule has 17 heavy (non-hydrogen) atoms. The molecular formula is C14H29NO2. The summed E-state index contributed by atoms with van der Waals surface area (Å²) in [5.74, 6) is 0.199. The van der Waals surface area contributed by atoms with Crippen molar-refractivity contribution in [2.75, 3.05) is 6.54 Å². The highest BCUT2D eigenvalue weighted by Gasteiger charge is 2.22. The Hall–Kier alpha value is -0.570. The van der Waals surface area contributed by atoms with Gasteiger partial charge in [-0.25, -0.2) is 0 Å². The quantitative estimate of drug-likeness (QED) is 0.654. The van der Waals surface area contributed by atoms with Gasteiger partial charge in [0.25, 0.3) is 0 Å². The number of hydrogen-bond donors (Lipinski definition) is 2. The van der Waals surface area contributed by atoms with Crippen LogP contribution in [0.3, 0.4) is 0 Å². The normalized spacial score (nSPS) is 16.3. The van der Waals surface area contributed by atoms with E-state index in [1.54, 1.807) is 6.92 Å². The number of nitrogens with one attached hydrogen (secondary N) is 1. The van der Waals surface area contributed by atoms with Gasteiger partial charge in [0.15, 0.2) is 0 Å². The van der Waals surface area contributed by atoms with Crippen molar-refractivity contribution in [1.29, 1.82) is 0 Å². The van der Waals surface area contributed by atoms with Crippen molar-refractivity contribution in [3.05, 3.63) is 0 Å². The van der Waals surface area contributed by atoms with Gasteiger partial charge in [0.2, 0.25) is 5.91 Å². The van der Waals surface area contributed by atoms with Gasteiger partial charge in [-0.1, -0.05) is 40.0 Å². The van der Waals surface area contributed by atoms with Crippen molar-refractivity contribution in [3.8, 4) is 0 Å². The maximum Gasteiger partial charge on any atom is 0.223 e. The molecule has 2 N–H and O–H groups in total. The summed E-state index contributed by atoms with van der Waals surface area (Å²) in [5.41, 5.74) is -0.770. The zero-order chi connectivity index (χ0) is 13.3. The number of carbonyl (C=O) groups is 1. The summed E-state index contributed by atoms with van der Waals surface area (Å²) < 4.78 is 0. The van der Waals surface area contributed by atoms with Gasteiger partial charge in [-0.2, -0.15) is 0 Å². The highest BCUT2D eigenvalue weighted by Crippen LogP contribution is 2.14. The predicted octanol–water partition coefficient (Wildman–Crippen LogP) is 2.87. The van der Waals surface area contributed by atoms with Crippen LogP contribution < -0.4 is 5.32 Å². The fraction of sp³-hybridized carbons (Fsp3) is 0.929. The molecule has 0 fully saturated rings. The first-order valence-corrected chi connectivity index (χ1v) is 6.96. The number of amides is 1. The lowest BCUT2D eigenvalue weighted by Gasteiger charge is -2.24. The van der Waals surface area contributed by atoms with E-state index >= 15 is 0 Å². The SMILES string of the molecule is CCCCC(CC)C(=O)NCC(C)(O)CCC. The van der Waals surface area contributed by atoms with Gasteiger partial charge in [-0.3, -0.25) is 4.79 Å². The van der Waals surface area contributed by atoms with Crippen LogP contribution in [-0.4, -0.2) is 23.2 Å². The molecule has 102 valence electrons. The Kier molecular flexibility index (Phi) is 8.23. The van der Waals surface area contributed by atoms with E-state index in [-0.39, 0.29) is 11.8 Å². The topological polar surface area (TPSA) is 49.3 Å². The minimum absolute atomic E-state index is 0.0947. The van der Waals surface area contributed by atoms with Crippen molar-refractivity contribution in [1.82, 2.24) is 5.32 Å². The van der Waals surface area contributed by atoms with Gasteiger partial charge in [-0.05, 0) is 26.2 Å². The van der Waals surface area contributed by atoms with Crippen molar-refractivity contribution in [3.63, 3.8) is 0 Å². The van der Waals surface area contributed by atoms with Crippen LogP contribution in [0.4, 0.5) is 0 Å². The summed E-state index contributed by atoms with van der Waals surface area (Å²) >= 11 is 0. The molecule has 2 atom stereocenters. The van der Waals surface area contributed by atoms with Gasteiger partial charge in [0.05, 0.1) is 5.60 Å². The van der Waals surface area contributed by atoms with E-state index in [1.165, 1.54) is 0 Å². The molecule has 0 heterocycles. The van der Waals surface area contributed by atoms with Crippen LogP contribution in [0.15, 0.2) is 0 Å². The molecule has 0 bridgehead atoms. The largest absolute Gasteiger partial charge is 0.388 e. The second-order valence-electron chi connectivity index (χ2n) is 5.21. The summed E-state index contributed by atoms with van der Waals surface area (Å²) in [5, 5.41) is 12.9. The first-order valence-electron chi connectivity index (χ1n) is 6.96. The van der Waals surface area contributed by atoms with Gasteiger partial charge in [-0.15, -0.1) is 0 Å². The fourth-order valence-electron chi connectivity index (χ4n) is 2.02. The van der Waals surface area contributed by atoms with E-state index in [1.807, 2.05) is 13.8 Å². The Labute approximate surface area is 106 Å². The average Bonchev–Trinajstić information content (AvgIpc) is 2.27. The van der Waals surface area contributed by atoms with Crippen LogP contribution in [0.2, 0.25) is 0 Å². The third-order valence-electron chi connectivity index (χ3n) is 3.20. The molecule has 3 heteroatoms. The molecule has 0 radical (unpaired) electrons. The highest BCUT2D eigenvalue weighted by atomic mass is 16.3. The molecule has 0 rings (SSSR count). The molecule has 0 aromatic heterocycles. The Morgan fingerprint density at radius 1 is 1.29 bits per heavy atom. The molecule has 0 saturated heterocycles. The summed E-state index contributed by atoms with van der Waals surface area (Å²) in [6, 6.07) is 0. The second-order valence-corrected chi connectivity index (χ2v) is 5.21. The minimum atomic E-state index is -0.770. The third-order valence-corrected chi connectivity index (χ3v) is 3.20. The van der Waals surface area contributed by atoms with Gasteiger partial charge in [0, 0.05) is 12.5 Å². The van der Waals surface area contributed by atoms with Crippen LogP contribution in [-0.2, 0) is 4.79 Å². The van der Waals surface area contributed by atoms with Gasteiger partial charge in [0.1, 0.15) is 0 Å². The Balaban J connectivity index is 4.05. The molecular weight excluding hydrogens is 214 g/mol. The van der Waals surface area contributed by atoms with E-state index in [0.717, 1.165) is 38.5 Å². The standard InChI is InChI=1S/C14H29NO2/c1-5-8-9-12(7-3)13(16)15-11-14(4,17)10-6-2/h12,17H,5-11H2,1-4H3,(H,15,16). The minimum Gasteiger partial charge on any atom is -0.388 e. The molecule has 0 aliphatic rings. The van der Waals surface area contributed by atoms with Crippen LogP contribution in [0.1, 0.15) is 66.2 Å². The number of carbonyl (C=O) groups excluding carboxylic acids is 1. The molecule has 0 aliphatic carbocycles. The van der Waals surface area contributed by atoms with Crippen molar-refractivity contribution >= 4 is 5.91 Å². The number of unbranched alkanes of at least 4 members (excludes halogenated alkanes) is 1. The van der Waals surface area contributed by atoms with E-state index in [9.17, 15) is 9.90 Å². The highest BCUT2D eigenvalue weighted by molar-refractivity contribution is 5.78. The summed E-state index contributed by atoms with van der Waals surface area (Å²) in [6.45, 7) is 8.36. The number of aliphatic hydroxyl groups is 1. The van der Waals surface area contributed by atoms with Crippen molar-refractivity contribution < 1.29 is 9.90 Å². The molecule has 0 saturated carbocycles. The average molecular weight is 243 g/mol. The molecule has 0 spiro atoms. The second kappa shape index (κ2) is 8.51. The Morgan fingerprint density at radius 3 is 2.41 bits per heavy atom. The van der Waals surface area contributed by atoms with Crippen LogP contribution >= 0.6 is 0 Å². The molecule has 3 nitrogen and oxygen atoms in total. The lowest BCUT2D eigenvalue weighted by Crippen LogP contribution is -2.42. The predicted molar refractivity (Wildman–Crippen MR) is 71.8 cm³/mol. The summed E-state index contributed by atoms with van der Waals surface area (Å²) in [6.07, 6.45) is 5.69. The van der Waals surface area contributed by atoms with E-state index in [2.05, 4.69) is 12.2 Å². The van der Waals surface area contributed by atoms with Crippen molar-refractivity contribution in [2.24, 2.45) is 5.92 Å². The summed E-state index contributed by atoms with van der Waals surface area (Å²) in [4.78, 5) is 11.9. The lowest BCUT2D eigenvalue weighted by atomic mass is 9.97. The number of hydrogen-bond acceptors (Lipinski definition) is 2. The third kappa shape index (κ3) is 7.37.